The molecule has 2 nitrogen and oxygen atoms in total. The Bertz CT molecular complexity index is 946. The van der Waals surface area contributed by atoms with Crippen LogP contribution in [-0.4, -0.2) is 10.8 Å². The maximum absolute atomic E-state index is 13.0. The Balaban J connectivity index is 1.77. The van der Waals surface area contributed by atoms with Crippen LogP contribution in [0.5, 0.6) is 0 Å². The highest BCUT2D eigenvalue weighted by Crippen LogP contribution is 2.37. The summed E-state index contributed by atoms with van der Waals surface area (Å²) in [5, 5.41) is 0.714. The van der Waals surface area contributed by atoms with E-state index in [1.165, 1.54) is 5.56 Å². The van der Waals surface area contributed by atoms with Gasteiger partial charge < -0.3 is 0 Å². The molecule has 0 bridgehead atoms. The lowest BCUT2D eigenvalue weighted by Gasteiger charge is -2.25. The molecular weight excluding hydrogens is 330 g/mol. The average Bonchev–Trinajstić information content (AvgIpc) is 2.62. The van der Waals surface area contributed by atoms with Crippen LogP contribution in [-0.2, 0) is 6.42 Å². The second kappa shape index (κ2) is 6.45. The Morgan fingerprint density at radius 3 is 2.48 bits per heavy atom. The first-order chi connectivity index (χ1) is 12.1. The van der Waals surface area contributed by atoms with Gasteiger partial charge in [-0.05, 0) is 59.7 Å². The fraction of sp³-hybridized carbons (Fsp3) is 0.182. The molecule has 1 aliphatic carbocycles. The SMILES string of the molecule is Cc1ccccc1-c1ccnc2c1C(=O)CC(c1ccc(Cl)cc1)C2. The zero-order valence-corrected chi connectivity index (χ0v) is 14.8. The lowest BCUT2D eigenvalue weighted by Crippen LogP contribution is -2.21. The Labute approximate surface area is 152 Å². The number of hydrogen-bond acceptors (Lipinski definition) is 2. The van der Waals surface area contributed by atoms with Gasteiger partial charge in [-0.1, -0.05) is 48.0 Å². The second-order valence-electron chi connectivity index (χ2n) is 6.58. The molecule has 3 aromatic rings. The van der Waals surface area contributed by atoms with E-state index in [4.69, 9.17) is 11.6 Å². The lowest BCUT2D eigenvalue weighted by molar-refractivity contribution is 0.0964. The van der Waals surface area contributed by atoms with Crippen LogP contribution in [0.4, 0.5) is 0 Å². The van der Waals surface area contributed by atoms with Gasteiger partial charge in [-0.3, -0.25) is 9.78 Å². The molecule has 0 amide bonds. The molecule has 3 heteroatoms. The van der Waals surface area contributed by atoms with Crippen molar-refractivity contribution in [2.45, 2.75) is 25.7 Å². The van der Waals surface area contributed by atoms with Crippen LogP contribution in [0.25, 0.3) is 11.1 Å². The predicted molar refractivity (Wildman–Crippen MR) is 101 cm³/mol. The summed E-state index contributed by atoms with van der Waals surface area (Å²) in [6.45, 7) is 2.08. The maximum Gasteiger partial charge on any atom is 0.165 e. The summed E-state index contributed by atoms with van der Waals surface area (Å²) in [6.07, 6.45) is 3.11. The molecule has 1 aromatic heterocycles. The second-order valence-corrected chi connectivity index (χ2v) is 7.01. The minimum Gasteiger partial charge on any atom is -0.294 e. The minimum absolute atomic E-state index is 0.164. The quantitative estimate of drug-likeness (QED) is 0.602. The van der Waals surface area contributed by atoms with E-state index in [2.05, 4.69) is 24.0 Å². The zero-order valence-electron chi connectivity index (χ0n) is 14.0. The maximum atomic E-state index is 13.0. The average molecular weight is 348 g/mol. The van der Waals surface area contributed by atoms with Crippen molar-refractivity contribution in [2.75, 3.05) is 0 Å². The number of rotatable bonds is 2. The molecular formula is C22H18ClNO. The van der Waals surface area contributed by atoms with E-state index in [-0.39, 0.29) is 11.7 Å². The Hall–Kier alpha value is -2.45. The van der Waals surface area contributed by atoms with Gasteiger partial charge in [0, 0.05) is 23.2 Å². The van der Waals surface area contributed by atoms with E-state index in [0.29, 0.717) is 11.4 Å². The van der Waals surface area contributed by atoms with Crippen LogP contribution < -0.4 is 0 Å². The largest absolute Gasteiger partial charge is 0.294 e. The topological polar surface area (TPSA) is 30.0 Å². The minimum atomic E-state index is 0.164. The normalized spacial score (nSPS) is 16.6. The molecule has 1 unspecified atom stereocenters. The van der Waals surface area contributed by atoms with Gasteiger partial charge in [0.25, 0.3) is 0 Å². The van der Waals surface area contributed by atoms with E-state index < -0.39 is 0 Å². The smallest absolute Gasteiger partial charge is 0.165 e. The summed E-state index contributed by atoms with van der Waals surface area (Å²) in [5.74, 6) is 0.337. The number of hydrogen-bond donors (Lipinski definition) is 0. The number of ketones is 1. The summed E-state index contributed by atoms with van der Waals surface area (Å²) in [6, 6.07) is 17.9. The molecule has 1 aliphatic rings. The van der Waals surface area contributed by atoms with E-state index >= 15 is 0 Å². The zero-order chi connectivity index (χ0) is 17.4. The summed E-state index contributed by atoms with van der Waals surface area (Å²) in [4.78, 5) is 17.5. The molecule has 0 spiro atoms. The first-order valence-electron chi connectivity index (χ1n) is 8.46. The molecule has 1 atom stereocenters. The third-order valence-electron chi connectivity index (χ3n) is 4.96. The Kier molecular flexibility index (Phi) is 4.14. The van der Waals surface area contributed by atoms with Gasteiger partial charge in [-0.15, -0.1) is 0 Å². The van der Waals surface area contributed by atoms with Crippen molar-refractivity contribution >= 4 is 17.4 Å². The number of carbonyl (C=O) groups is 1. The summed E-state index contributed by atoms with van der Waals surface area (Å²) in [5.41, 5.74) is 6.12. The number of aryl methyl sites for hydroxylation is 1. The number of pyridine rings is 1. The number of benzene rings is 2. The van der Waals surface area contributed by atoms with E-state index in [1.807, 2.05) is 48.7 Å². The first kappa shape index (κ1) is 16.0. The van der Waals surface area contributed by atoms with Crippen molar-refractivity contribution < 1.29 is 4.79 Å². The number of halogens is 1. The van der Waals surface area contributed by atoms with Crippen molar-refractivity contribution in [3.05, 3.63) is 88.2 Å². The van der Waals surface area contributed by atoms with Crippen LogP contribution in [0, 0.1) is 6.92 Å². The van der Waals surface area contributed by atoms with E-state index in [9.17, 15) is 4.79 Å². The fourth-order valence-corrected chi connectivity index (χ4v) is 3.80. The molecule has 4 rings (SSSR count). The Morgan fingerprint density at radius 1 is 0.960 bits per heavy atom. The van der Waals surface area contributed by atoms with Crippen molar-refractivity contribution in [1.29, 1.82) is 0 Å². The highest BCUT2D eigenvalue weighted by molar-refractivity contribution is 6.30. The van der Waals surface area contributed by atoms with Crippen molar-refractivity contribution in [3.63, 3.8) is 0 Å². The van der Waals surface area contributed by atoms with Gasteiger partial charge in [0.1, 0.15) is 0 Å². The van der Waals surface area contributed by atoms with Crippen LogP contribution in [0.1, 0.15) is 39.5 Å². The number of nitrogens with zero attached hydrogens (tertiary/aromatic N) is 1. The number of aromatic nitrogens is 1. The number of fused-ring (bicyclic) bond motifs is 1. The Morgan fingerprint density at radius 2 is 1.72 bits per heavy atom. The van der Waals surface area contributed by atoms with Crippen LogP contribution >= 0.6 is 11.6 Å². The molecule has 0 N–H and O–H groups in total. The lowest BCUT2D eigenvalue weighted by atomic mass is 9.79. The van der Waals surface area contributed by atoms with E-state index in [0.717, 1.165) is 34.4 Å². The molecule has 0 radical (unpaired) electrons. The van der Waals surface area contributed by atoms with Crippen LogP contribution in [0.2, 0.25) is 5.02 Å². The third kappa shape index (κ3) is 2.98. The van der Waals surface area contributed by atoms with Gasteiger partial charge in [-0.2, -0.15) is 0 Å². The number of carbonyl (C=O) groups excluding carboxylic acids is 1. The molecule has 0 saturated heterocycles. The molecule has 124 valence electrons. The van der Waals surface area contributed by atoms with Gasteiger partial charge in [0.05, 0.1) is 5.69 Å². The van der Waals surface area contributed by atoms with E-state index in [1.54, 1.807) is 0 Å². The molecule has 0 fully saturated rings. The number of Topliss-reactive ketones (excluding diaryl/α,β-unsaturated/α-hetero) is 1. The van der Waals surface area contributed by atoms with Gasteiger partial charge >= 0.3 is 0 Å². The highest BCUT2D eigenvalue weighted by atomic mass is 35.5. The molecule has 1 heterocycles. The molecule has 0 aliphatic heterocycles. The standard InChI is InChI=1S/C22H18ClNO/c1-14-4-2-3-5-18(14)19-10-11-24-20-12-16(13-21(25)22(19)20)15-6-8-17(23)9-7-15/h2-11,16H,12-13H2,1H3. The summed E-state index contributed by atoms with van der Waals surface area (Å²) >= 11 is 5.98. The first-order valence-corrected chi connectivity index (χ1v) is 8.84. The summed E-state index contributed by atoms with van der Waals surface area (Å²) < 4.78 is 0. The van der Waals surface area contributed by atoms with Crippen molar-refractivity contribution in [3.8, 4) is 11.1 Å². The molecule has 2 aromatic carbocycles. The van der Waals surface area contributed by atoms with Crippen LogP contribution in [0.3, 0.4) is 0 Å². The molecule has 0 saturated carbocycles. The fourth-order valence-electron chi connectivity index (χ4n) is 3.67. The van der Waals surface area contributed by atoms with Crippen molar-refractivity contribution in [2.24, 2.45) is 0 Å². The monoisotopic (exact) mass is 347 g/mol. The van der Waals surface area contributed by atoms with Crippen LogP contribution in [0.15, 0.2) is 60.8 Å². The van der Waals surface area contributed by atoms with Gasteiger partial charge in [-0.25, -0.2) is 0 Å². The summed E-state index contributed by atoms with van der Waals surface area (Å²) in [7, 11) is 0. The predicted octanol–water partition coefficient (Wildman–Crippen LogP) is 5.62. The van der Waals surface area contributed by atoms with Gasteiger partial charge in [0.2, 0.25) is 0 Å². The third-order valence-corrected chi connectivity index (χ3v) is 5.21. The highest BCUT2D eigenvalue weighted by Gasteiger charge is 2.29. The molecule has 25 heavy (non-hydrogen) atoms. The van der Waals surface area contributed by atoms with Crippen molar-refractivity contribution in [1.82, 2.24) is 4.98 Å². The van der Waals surface area contributed by atoms with Gasteiger partial charge in [0.15, 0.2) is 5.78 Å².